The van der Waals surface area contributed by atoms with Crippen LogP contribution in [0, 0.1) is 0 Å². The highest BCUT2D eigenvalue weighted by atomic mass is 32.2. The fraction of sp³-hybridized carbons (Fsp3) is 0.423. The zero-order valence-electron chi connectivity index (χ0n) is 19.2. The molecule has 3 aromatic rings. The summed E-state index contributed by atoms with van der Waals surface area (Å²) in [5, 5.41) is 1.16. The maximum Gasteiger partial charge on any atom is 0.241 e. The third-order valence-electron chi connectivity index (χ3n) is 7.23. The van der Waals surface area contributed by atoms with Gasteiger partial charge in [0.25, 0.3) is 0 Å². The van der Waals surface area contributed by atoms with E-state index in [0.29, 0.717) is 32.8 Å². The van der Waals surface area contributed by atoms with Crippen LogP contribution in [0.4, 0.5) is 5.69 Å². The molecule has 3 aliphatic heterocycles. The molecule has 178 valence electrons. The Morgan fingerprint density at radius 2 is 1.76 bits per heavy atom. The molecule has 34 heavy (non-hydrogen) atoms. The van der Waals surface area contributed by atoms with Crippen LogP contribution in [0.25, 0.3) is 22.2 Å². The summed E-state index contributed by atoms with van der Waals surface area (Å²) in [4.78, 5) is 21.6. The van der Waals surface area contributed by atoms with Gasteiger partial charge in [-0.05, 0) is 49.6 Å². The number of fused-ring (bicyclic) bond motifs is 1. The SMILES string of the molecule is O=C([C@H]1CCN1S(=O)c1ccc(N2CCCC2)c(-c2cc3ccccc3[nH]2)c1)N1CCOCC1. The van der Waals surface area contributed by atoms with E-state index >= 15 is 0 Å². The monoisotopic (exact) mass is 478 g/mol. The molecule has 3 saturated heterocycles. The Morgan fingerprint density at radius 1 is 0.971 bits per heavy atom. The van der Waals surface area contributed by atoms with Crippen molar-refractivity contribution in [2.45, 2.75) is 30.2 Å². The maximum atomic E-state index is 13.6. The van der Waals surface area contributed by atoms with Crippen LogP contribution in [0.1, 0.15) is 19.3 Å². The third-order valence-corrected chi connectivity index (χ3v) is 8.75. The predicted molar refractivity (Wildman–Crippen MR) is 134 cm³/mol. The molecule has 7 nitrogen and oxygen atoms in total. The van der Waals surface area contributed by atoms with Gasteiger partial charge in [-0.2, -0.15) is 0 Å². The Bertz CT molecular complexity index is 1200. The molecule has 0 aliphatic carbocycles. The van der Waals surface area contributed by atoms with Crippen molar-refractivity contribution < 1.29 is 13.7 Å². The van der Waals surface area contributed by atoms with Crippen molar-refractivity contribution in [3.8, 4) is 11.3 Å². The summed E-state index contributed by atoms with van der Waals surface area (Å²) < 4.78 is 20.9. The summed E-state index contributed by atoms with van der Waals surface area (Å²) in [7, 11) is -1.39. The highest BCUT2D eigenvalue weighted by Gasteiger charge is 2.41. The number of hydrogen-bond acceptors (Lipinski definition) is 4. The average Bonchev–Trinajstić information content (AvgIpc) is 3.53. The standard InChI is InChI=1S/C26H30N4O3S/c31-26(29-13-15-33-16-14-29)25-9-12-30(25)34(32)20-7-8-24(28-10-3-4-11-28)21(18-20)23-17-19-5-1-2-6-22(19)27-23/h1-2,5-8,17-18,25,27H,3-4,9-16H2/t25-,34?/m1/s1. The number of aromatic nitrogens is 1. The maximum absolute atomic E-state index is 13.6. The molecule has 8 heteroatoms. The highest BCUT2D eigenvalue weighted by Crippen LogP contribution is 2.37. The normalized spacial score (nSPS) is 22.2. The molecule has 3 aliphatic rings. The van der Waals surface area contributed by atoms with E-state index < -0.39 is 11.0 Å². The number of para-hydroxylation sites is 1. The van der Waals surface area contributed by atoms with Gasteiger partial charge in [0.15, 0.2) is 0 Å². The second kappa shape index (κ2) is 9.17. The molecule has 1 amide bonds. The van der Waals surface area contributed by atoms with Crippen molar-refractivity contribution in [2.24, 2.45) is 0 Å². The number of nitrogens with zero attached hydrogens (tertiary/aromatic N) is 3. The smallest absolute Gasteiger partial charge is 0.241 e. The van der Waals surface area contributed by atoms with E-state index in [1.54, 1.807) is 0 Å². The van der Waals surface area contributed by atoms with E-state index in [9.17, 15) is 9.00 Å². The lowest BCUT2D eigenvalue weighted by Gasteiger charge is -2.41. The topological polar surface area (TPSA) is 68.9 Å². The fourth-order valence-corrected chi connectivity index (χ4v) is 6.60. The molecule has 2 aromatic carbocycles. The summed E-state index contributed by atoms with van der Waals surface area (Å²) in [6, 6.07) is 16.3. The van der Waals surface area contributed by atoms with E-state index in [2.05, 4.69) is 40.2 Å². The van der Waals surface area contributed by atoms with Gasteiger partial charge in [0.2, 0.25) is 5.91 Å². The number of amides is 1. The minimum absolute atomic E-state index is 0.0763. The van der Waals surface area contributed by atoms with Gasteiger partial charge >= 0.3 is 0 Å². The molecular weight excluding hydrogens is 448 g/mol. The van der Waals surface area contributed by atoms with Gasteiger partial charge in [-0.3, -0.25) is 4.79 Å². The van der Waals surface area contributed by atoms with Crippen LogP contribution in [-0.4, -0.2) is 76.3 Å². The summed E-state index contributed by atoms with van der Waals surface area (Å²) in [6.07, 6.45) is 3.14. The summed E-state index contributed by atoms with van der Waals surface area (Å²) in [5.74, 6) is 0.0763. The zero-order valence-corrected chi connectivity index (χ0v) is 20.1. The van der Waals surface area contributed by atoms with Gasteiger partial charge in [0.05, 0.1) is 18.1 Å². The minimum Gasteiger partial charge on any atom is -0.378 e. The van der Waals surface area contributed by atoms with Crippen molar-refractivity contribution in [3.05, 3.63) is 48.5 Å². The van der Waals surface area contributed by atoms with Crippen LogP contribution in [0.2, 0.25) is 0 Å². The Kier molecular flexibility index (Phi) is 5.89. The van der Waals surface area contributed by atoms with E-state index in [1.807, 2.05) is 27.4 Å². The minimum atomic E-state index is -1.39. The molecule has 0 radical (unpaired) electrons. The summed E-state index contributed by atoms with van der Waals surface area (Å²) >= 11 is 0. The van der Waals surface area contributed by atoms with Gasteiger partial charge in [-0.15, -0.1) is 0 Å². The quantitative estimate of drug-likeness (QED) is 0.610. The number of carbonyl (C=O) groups excluding carboxylic acids is 1. The number of nitrogens with one attached hydrogen (secondary N) is 1. The van der Waals surface area contributed by atoms with Gasteiger partial charge in [0.1, 0.15) is 17.0 Å². The van der Waals surface area contributed by atoms with Crippen molar-refractivity contribution >= 4 is 33.5 Å². The van der Waals surface area contributed by atoms with Crippen LogP contribution < -0.4 is 4.90 Å². The number of anilines is 1. The van der Waals surface area contributed by atoms with Crippen LogP contribution in [0.15, 0.2) is 53.4 Å². The van der Waals surface area contributed by atoms with E-state index in [4.69, 9.17) is 4.74 Å². The molecule has 1 aromatic heterocycles. The second-order valence-corrected chi connectivity index (χ2v) is 10.7. The lowest BCUT2D eigenvalue weighted by molar-refractivity contribution is -0.142. The molecule has 0 spiro atoms. The molecular formula is C26H30N4O3S. The Hall–Kier alpha value is -2.68. The number of ether oxygens (including phenoxy) is 1. The van der Waals surface area contributed by atoms with Gasteiger partial charge in [-0.1, -0.05) is 18.2 Å². The Labute approximate surface area is 202 Å². The Morgan fingerprint density at radius 3 is 2.50 bits per heavy atom. The largest absolute Gasteiger partial charge is 0.378 e. The number of hydrogen-bond donors (Lipinski definition) is 1. The van der Waals surface area contributed by atoms with Crippen molar-refractivity contribution in [2.75, 3.05) is 50.8 Å². The van der Waals surface area contributed by atoms with Crippen molar-refractivity contribution in [1.82, 2.24) is 14.2 Å². The molecule has 0 bridgehead atoms. The first kappa shape index (κ1) is 21.8. The Balaban J connectivity index is 1.31. The molecule has 4 heterocycles. The predicted octanol–water partition coefficient (Wildman–Crippen LogP) is 3.39. The van der Waals surface area contributed by atoms with Crippen LogP contribution >= 0.6 is 0 Å². The zero-order chi connectivity index (χ0) is 23.1. The summed E-state index contributed by atoms with van der Waals surface area (Å²) in [6.45, 7) is 5.13. The van der Waals surface area contributed by atoms with E-state index in [0.717, 1.165) is 46.6 Å². The first-order valence-electron chi connectivity index (χ1n) is 12.2. The number of aromatic amines is 1. The molecule has 2 atom stereocenters. The van der Waals surface area contributed by atoms with Gasteiger partial charge in [-0.25, -0.2) is 8.51 Å². The van der Waals surface area contributed by atoms with Gasteiger partial charge in [0, 0.05) is 60.6 Å². The lowest BCUT2D eigenvalue weighted by atomic mass is 10.1. The first-order chi connectivity index (χ1) is 16.7. The fourth-order valence-electron chi connectivity index (χ4n) is 5.23. The van der Waals surface area contributed by atoms with Crippen LogP contribution in [0.3, 0.4) is 0 Å². The number of morpholine rings is 1. The van der Waals surface area contributed by atoms with E-state index in [-0.39, 0.29) is 11.9 Å². The number of benzene rings is 2. The third kappa shape index (κ3) is 3.93. The molecule has 0 saturated carbocycles. The van der Waals surface area contributed by atoms with Crippen LogP contribution in [0.5, 0.6) is 0 Å². The number of rotatable bonds is 5. The van der Waals surface area contributed by atoms with E-state index in [1.165, 1.54) is 18.5 Å². The highest BCUT2D eigenvalue weighted by molar-refractivity contribution is 7.82. The second-order valence-electron chi connectivity index (χ2n) is 9.28. The number of carbonyl (C=O) groups is 1. The molecule has 1 N–H and O–H groups in total. The first-order valence-corrected chi connectivity index (χ1v) is 13.3. The van der Waals surface area contributed by atoms with Crippen molar-refractivity contribution in [3.63, 3.8) is 0 Å². The molecule has 6 rings (SSSR count). The average molecular weight is 479 g/mol. The molecule has 1 unspecified atom stereocenters. The lowest BCUT2D eigenvalue weighted by Crippen LogP contribution is -2.58. The van der Waals surface area contributed by atoms with Crippen molar-refractivity contribution in [1.29, 1.82) is 0 Å². The van der Waals surface area contributed by atoms with Crippen LogP contribution in [-0.2, 0) is 20.5 Å². The number of H-pyrrole nitrogens is 1. The summed E-state index contributed by atoms with van der Waals surface area (Å²) in [5.41, 5.74) is 4.37. The van der Waals surface area contributed by atoms with Gasteiger partial charge < -0.3 is 19.5 Å². The molecule has 3 fully saturated rings.